The molecule has 0 aromatic rings. The summed E-state index contributed by atoms with van der Waals surface area (Å²) in [5.74, 6) is 5.07. The van der Waals surface area contributed by atoms with Crippen LogP contribution in [0.2, 0.25) is 0 Å². The van der Waals surface area contributed by atoms with Gasteiger partial charge in [-0.3, -0.25) is 0 Å². The quantitative estimate of drug-likeness (QED) is 0.569. The fourth-order valence-corrected chi connectivity index (χ4v) is 5.22. The molecule has 0 heteroatoms. The van der Waals surface area contributed by atoms with Gasteiger partial charge >= 0.3 is 0 Å². The van der Waals surface area contributed by atoms with E-state index in [1.54, 1.807) is 0 Å². The van der Waals surface area contributed by atoms with Crippen LogP contribution in [0.15, 0.2) is 60.8 Å². The molecule has 0 heterocycles. The molecule has 0 bridgehead atoms. The van der Waals surface area contributed by atoms with Crippen LogP contribution in [0, 0.1) is 35.5 Å². The standard InChI is InChI=1S/C22H28/c1(7-17-13-15-19-9-3-5-11-21(17)19)2-8-18-14-16-20-10-4-6-12-22(18)20/h1-6,9-12,17-22H,7-8,13-16H2. The molecule has 0 aromatic heterocycles. The summed E-state index contributed by atoms with van der Waals surface area (Å²) in [6.45, 7) is 0. The Morgan fingerprint density at radius 1 is 0.591 bits per heavy atom. The maximum atomic E-state index is 2.49. The highest BCUT2D eigenvalue weighted by Crippen LogP contribution is 2.44. The fraction of sp³-hybridized carbons (Fsp3) is 0.545. The van der Waals surface area contributed by atoms with Gasteiger partial charge in [0, 0.05) is 0 Å². The first-order valence-electron chi connectivity index (χ1n) is 9.27. The van der Waals surface area contributed by atoms with E-state index in [9.17, 15) is 0 Å². The van der Waals surface area contributed by atoms with Crippen molar-refractivity contribution in [3.05, 3.63) is 60.8 Å². The van der Waals surface area contributed by atoms with Crippen molar-refractivity contribution in [2.75, 3.05) is 0 Å². The third-order valence-electron chi connectivity index (χ3n) is 6.47. The largest absolute Gasteiger partial charge is 0.0882 e. The van der Waals surface area contributed by atoms with E-state index in [-0.39, 0.29) is 0 Å². The lowest BCUT2D eigenvalue weighted by molar-refractivity contribution is 0.415. The third-order valence-corrected chi connectivity index (χ3v) is 6.47. The normalized spacial score (nSPS) is 42.2. The van der Waals surface area contributed by atoms with Crippen molar-refractivity contribution in [2.24, 2.45) is 35.5 Å². The van der Waals surface area contributed by atoms with Crippen molar-refractivity contribution < 1.29 is 0 Å². The molecule has 2 fully saturated rings. The molecule has 0 amide bonds. The van der Waals surface area contributed by atoms with Crippen LogP contribution in [-0.2, 0) is 0 Å². The van der Waals surface area contributed by atoms with Gasteiger partial charge in [-0.05, 0) is 74.0 Å². The zero-order valence-corrected chi connectivity index (χ0v) is 13.5. The minimum atomic E-state index is 0.817. The fourth-order valence-electron chi connectivity index (χ4n) is 5.22. The molecule has 6 unspecified atom stereocenters. The summed E-state index contributed by atoms with van der Waals surface area (Å²) in [7, 11) is 0. The van der Waals surface area contributed by atoms with Gasteiger partial charge in [0.05, 0.1) is 0 Å². The van der Waals surface area contributed by atoms with Gasteiger partial charge in [-0.15, -0.1) is 0 Å². The minimum Gasteiger partial charge on any atom is -0.0882 e. The van der Waals surface area contributed by atoms with Crippen molar-refractivity contribution in [3.8, 4) is 0 Å². The van der Waals surface area contributed by atoms with Gasteiger partial charge in [0.15, 0.2) is 0 Å². The highest BCUT2D eigenvalue weighted by molar-refractivity contribution is 5.19. The maximum Gasteiger partial charge on any atom is -0.0136 e. The second-order valence-electron chi connectivity index (χ2n) is 7.64. The molecular weight excluding hydrogens is 264 g/mol. The van der Waals surface area contributed by atoms with E-state index in [0.29, 0.717) is 0 Å². The smallest absolute Gasteiger partial charge is 0.0136 e. The van der Waals surface area contributed by atoms with E-state index in [0.717, 1.165) is 35.5 Å². The van der Waals surface area contributed by atoms with Crippen molar-refractivity contribution in [1.29, 1.82) is 0 Å². The number of fused-ring (bicyclic) bond motifs is 2. The molecule has 116 valence electrons. The van der Waals surface area contributed by atoms with Crippen LogP contribution in [0.1, 0.15) is 38.5 Å². The van der Waals surface area contributed by atoms with Gasteiger partial charge in [-0.25, -0.2) is 0 Å². The second-order valence-corrected chi connectivity index (χ2v) is 7.64. The van der Waals surface area contributed by atoms with E-state index < -0.39 is 0 Å². The lowest BCUT2D eigenvalue weighted by Crippen LogP contribution is -2.13. The van der Waals surface area contributed by atoms with Crippen LogP contribution >= 0.6 is 0 Å². The molecule has 4 aliphatic rings. The summed E-state index contributed by atoms with van der Waals surface area (Å²) >= 11 is 0. The molecule has 4 rings (SSSR count). The molecule has 0 spiro atoms. The van der Waals surface area contributed by atoms with Crippen LogP contribution in [0.4, 0.5) is 0 Å². The van der Waals surface area contributed by atoms with Crippen LogP contribution in [-0.4, -0.2) is 0 Å². The molecule has 0 N–H and O–H groups in total. The molecule has 6 atom stereocenters. The van der Waals surface area contributed by atoms with Crippen molar-refractivity contribution in [1.82, 2.24) is 0 Å². The Balaban J connectivity index is 1.27. The average Bonchev–Trinajstić information content (AvgIpc) is 3.16. The number of allylic oxidation sites excluding steroid dienone is 10. The lowest BCUT2D eigenvalue weighted by Gasteiger charge is -2.21. The molecule has 0 nitrogen and oxygen atoms in total. The number of hydrogen-bond donors (Lipinski definition) is 0. The Morgan fingerprint density at radius 2 is 1.05 bits per heavy atom. The summed E-state index contributed by atoms with van der Waals surface area (Å²) in [5.41, 5.74) is 0. The van der Waals surface area contributed by atoms with Gasteiger partial charge in [-0.1, -0.05) is 60.8 Å². The zero-order valence-electron chi connectivity index (χ0n) is 13.5. The zero-order chi connectivity index (χ0) is 14.8. The molecule has 22 heavy (non-hydrogen) atoms. The average molecular weight is 292 g/mol. The number of hydrogen-bond acceptors (Lipinski definition) is 0. The van der Waals surface area contributed by atoms with E-state index in [2.05, 4.69) is 60.8 Å². The third kappa shape index (κ3) is 2.81. The van der Waals surface area contributed by atoms with E-state index in [1.165, 1.54) is 38.5 Å². The Morgan fingerprint density at radius 3 is 1.55 bits per heavy atom. The Kier molecular flexibility index (Phi) is 4.19. The van der Waals surface area contributed by atoms with Crippen LogP contribution in [0.5, 0.6) is 0 Å². The Labute approximate surface area is 135 Å². The summed E-state index contributed by atoms with van der Waals surface area (Å²) in [4.78, 5) is 0. The Hall–Kier alpha value is -1.30. The molecule has 2 saturated carbocycles. The van der Waals surface area contributed by atoms with Gasteiger partial charge in [0.25, 0.3) is 0 Å². The maximum absolute atomic E-state index is 2.49. The van der Waals surface area contributed by atoms with Gasteiger partial charge in [-0.2, -0.15) is 0 Å². The van der Waals surface area contributed by atoms with E-state index in [4.69, 9.17) is 0 Å². The predicted molar refractivity (Wildman–Crippen MR) is 94.3 cm³/mol. The molecule has 4 aliphatic carbocycles. The molecule has 0 radical (unpaired) electrons. The minimum absolute atomic E-state index is 0.817. The molecule has 0 aliphatic heterocycles. The van der Waals surface area contributed by atoms with Gasteiger partial charge < -0.3 is 0 Å². The monoisotopic (exact) mass is 292 g/mol. The molecular formula is C22H28. The summed E-state index contributed by atoms with van der Waals surface area (Å²) in [5, 5.41) is 0. The Bertz CT molecular complexity index is 482. The highest BCUT2D eigenvalue weighted by Gasteiger charge is 2.34. The van der Waals surface area contributed by atoms with Gasteiger partial charge in [0.1, 0.15) is 0 Å². The van der Waals surface area contributed by atoms with Crippen LogP contribution in [0.3, 0.4) is 0 Å². The topological polar surface area (TPSA) is 0 Å². The molecule has 0 saturated heterocycles. The first-order valence-corrected chi connectivity index (χ1v) is 9.27. The predicted octanol–water partition coefficient (Wildman–Crippen LogP) is 5.86. The second kappa shape index (κ2) is 6.44. The van der Waals surface area contributed by atoms with Crippen molar-refractivity contribution in [2.45, 2.75) is 38.5 Å². The van der Waals surface area contributed by atoms with Crippen LogP contribution in [0.25, 0.3) is 0 Å². The number of rotatable bonds is 4. The SMILES string of the molecule is C1=CC2CCC(CC=CCC3CCC4C=CC=CC43)C2C=C1. The first-order chi connectivity index (χ1) is 10.9. The lowest BCUT2D eigenvalue weighted by atomic mass is 9.83. The van der Waals surface area contributed by atoms with Gasteiger partial charge in [0.2, 0.25) is 0 Å². The van der Waals surface area contributed by atoms with E-state index in [1.807, 2.05) is 0 Å². The summed E-state index contributed by atoms with van der Waals surface area (Å²) in [6.07, 6.45) is 31.9. The van der Waals surface area contributed by atoms with Crippen molar-refractivity contribution >= 4 is 0 Å². The van der Waals surface area contributed by atoms with Crippen molar-refractivity contribution in [3.63, 3.8) is 0 Å². The van der Waals surface area contributed by atoms with Crippen LogP contribution < -0.4 is 0 Å². The molecule has 0 aromatic carbocycles. The first kappa shape index (κ1) is 14.3. The summed E-state index contributed by atoms with van der Waals surface area (Å²) < 4.78 is 0. The summed E-state index contributed by atoms with van der Waals surface area (Å²) in [6, 6.07) is 0. The van der Waals surface area contributed by atoms with E-state index >= 15 is 0 Å². The highest BCUT2D eigenvalue weighted by atomic mass is 14.4.